The van der Waals surface area contributed by atoms with E-state index in [1.807, 2.05) is 7.85 Å². The maximum absolute atomic E-state index is 9.41. The zero-order valence-corrected chi connectivity index (χ0v) is 6.73. The van der Waals surface area contributed by atoms with Gasteiger partial charge in [0.05, 0.1) is 12.6 Å². The zero-order chi connectivity index (χ0) is 8.43. The smallest absolute Gasteiger partial charge is 0.142 e. The van der Waals surface area contributed by atoms with E-state index in [1.54, 1.807) is 0 Å². The molecule has 5 heteroatoms. The van der Waals surface area contributed by atoms with Crippen molar-refractivity contribution in [3.8, 4) is 0 Å². The van der Waals surface area contributed by atoms with Crippen LogP contribution in [0.25, 0.3) is 0 Å². The van der Waals surface area contributed by atoms with Gasteiger partial charge in [0.25, 0.3) is 0 Å². The third-order valence-corrected chi connectivity index (χ3v) is 2.02. The van der Waals surface area contributed by atoms with Crippen LogP contribution < -0.4 is 0 Å². The second-order valence-electron chi connectivity index (χ2n) is 2.75. The molecule has 64 valence electrons. The lowest BCUT2D eigenvalue weighted by molar-refractivity contribution is -0.0145. The highest BCUT2D eigenvalue weighted by molar-refractivity contribution is 6.11. The number of aliphatic hydroxyl groups is 2. The molecule has 0 amide bonds. The molecular weight excluding hydrogens is 147 g/mol. The van der Waals surface area contributed by atoms with Gasteiger partial charge in [0.1, 0.15) is 26.2 Å². The molecule has 11 heavy (non-hydrogen) atoms. The quantitative estimate of drug-likeness (QED) is 0.446. The van der Waals surface area contributed by atoms with Crippen LogP contribution in [0.2, 0.25) is 0 Å². The van der Waals surface area contributed by atoms with Crippen molar-refractivity contribution in [2.75, 3.05) is 13.7 Å². The lowest BCUT2D eigenvalue weighted by atomic mass is 9.93. The van der Waals surface area contributed by atoms with Gasteiger partial charge in [0.2, 0.25) is 0 Å². The lowest BCUT2D eigenvalue weighted by Crippen LogP contribution is -2.35. The molecule has 1 heterocycles. The summed E-state index contributed by atoms with van der Waals surface area (Å²) in [5.41, 5.74) is 0. The molecule has 0 bridgehead atoms. The molecule has 4 nitrogen and oxygen atoms in total. The molecule has 1 rings (SSSR count). The Morgan fingerprint density at radius 2 is 2.27 bits per heavy atom. The van der Waals surface area contributed by atoms with Gasteiger partial charge >= 0.3 is 0 Å². The summed E-state index contributed by atoms with van der Waals surface area (Å²) in [4.78, 5) is 0. The Hall–Kier alpha value is -0.0951. The van der Waals surface area contributed by atoms with Crippen LogP contribution in [0.1, 0.15) is 0 Å². The highest BCUT2D eigenvalue weighted by Gasteiger charge is 2.40. The zero-order valence-electron chi connectivity index (χ0n) is 6.73. The Balaban J connectivity index is 2.55. The predicted molar refractivity (Wildman–Crippen MR) is 41.1 cm³/mol. The Labute approximate surface area is 66.5 Å². The molecule has 0 aromatic rings. The minimum atomic E-state index is -0.708. The molecule has 0 aliphatic carbocycles. The SMILES string of the molecule is B[C@@H]1O[C@H](CO)[C@@H](O)[C@H]1OC. The molecule has 0 spiro atoms. The summed E-state index contributed by atoms with van der Waals surface area (Å²) < 4.78 is 10.2. The van der Waals surface area contributed by atoms with E-state index in [0.717, 1.165) is 0 Å². The standard InChI is InChI=1S/C6H13BO4/c1-10-5-4(9)3(2-8)11-6(5)7/h3-6,8-9H,2,7H2,1H3/t3-,4-,5-,6-/m1/s1. The fourth-order valence-corrected chi connectivity index (χ4v) is 1.40. The number of hydrogen-bond donors (Lipinski definition) is 2. The highest BCUT2D eigenvalue weighted by atomic mass is 16.6. The molecule has 1 saturated heterocycles. The molecule has 0 aromatic carbocycles. The van der Waals surface area contributed by atoms with Gasteiger partial charge in [-0.2, -0.15) is 0 Å². The molecule has 0 saturated carbocycles. The van der Waals surface area contributed by atoms with E-state index in [0.29, 0.717) is 0 Å². The Morgan fingerprint density at radius 1 is 1.64 bits per heavy atom. The van der Waals surface area contributed by atoms with E-state index >= 15 is 0 Å². The molecule has 1 aliphatic rings. The topological polar surface area (TPSA) is 58.9 Å². The minimum Gasteiger partial charge on any atom is -0.394 e. The molecule has 1 fully saturated rings. The summed E-state index contributed by atoms with van der Waals surface area (Å²) in [5.74, 6) is 0. The molecule has 2 N–H and O–H groups in total. The van der Waals surface area contributed by atoms with Crippen LogP contribution in [-0.2, 0) is 9.47 Å². The highest BCUT2D eigenvalue weighted by Crippen LogP contribution is 2.20. The largest absolute Gasteiger partial charge is 0.394 e. The Kier molecular flexibility index (Phi) is 2.89. The molecule has 4 atom stereocenters. The van der Waals surface area contributed by atoms with Gasteiger partial charge in [0, 0.05) is 7.11 Å². The van der Waals surface area contributed by atoms with E-state index in [-0.39, 0.29) is 18.7 Å². The second kappa shape index (κ2) is 3.54. The number of aliphatic hydroxyl groups excluding tert-OH is 2. The van der Waals surface area contributed by atoms with Gasteiger partial charge < -0.3 is 19.7 Å². The van der Waals surface area contributed by atoms with Gasteiger partial charge in [-0.3, -0.25) is 0 Å². The van der Waals surface area contributed by atoms with Crippen molar-refractivity contribution >= 4 is 7.85 Å². The summed E-state index contributed by atoms with van der Waals surface area (Å²) in [6, 6.07) is -0.146. The predicted octanol–water partition coefficient (Wildman–Crippen LogP) is -2.29. The summed E-state index contributed by atoms with van der Waals surface area (Å²) >= 11 is 0. The van der Waals surface area contributed by atoms with E-state index in [4.69, 9.17) is 14.6 Å². The molecule has 0 radical (unpaired) electrons. The van der Waals surface area contributed by atoms with Crippen molar-refractivity contribution in [3.63, 3.8) is 0 Å². The van der Waals surface area contributed by atoms with Crippen LogP contribution in [0.4, 0.5) is 0 Å². The number of rotatable bonds is 2. The van der Waals surface area contributed by atoms with Crippen LogP contribution in [0.5, 0.6) is 0 Å². The second-order valence-corrected chi connectivity index (χ2v) is 2.75. The van der Waals surface area contributed by atoms with Gasteiger partial charge in [-0.05, 0) is 0 Å². The van der Waals surface area contributed by atoms with E-state index in [9.17, 15) is 5.11 Å². The first-order valence-corrected chi connectivity index (χ1v) is 3.68. The first kappa shape index (κ1) is 9.00. The Morgan fingerprint density at radius 3 is 2.55 bits per heavy atom. The van der Waals surface area contributed by atoms with E-state index in [2.05, 4.69) is 0 Å². The summed E-state index contributed by atoms with van der Waals surface area (Å²) in [7, 11) is 3.33. The number of hydrogen-bond acceptors (Lipinski definition) is 4. The van der Waals surface area contributed by atoms with Crippen molar-refractivity contribution < 1.29 is 19.7 Å². The van der Waals surface area contributed by atoms with Crippen LogP contribution in [0.15, 0.2) is 0 Å². The maximum atomic E-state index is 9.41. The van der Waals surface area contributed by atoms with E-state index < -0.39 is 12.2 Å². The van der Waals surface area contributed by atoms with Crippen molar-refractivity contribution in [2.45, 2.75) is 24.3 Å². The lowest BCUT2D eigenvalue weighted by Gasteiger charge is -2.15. The van der Waals surface area contributed by atoms with Crippen molar-refractivity contribution in [2.24, 2.45) is 0 Å². The van der Waals surface area contributed by atoms with Crippen LogP contribution >= 0.6 is 0 Å². The van der Waals surface area contributed by atoms with Crippen molar-refractivity contribution in [1.29, 1.82) is 0 Å². The molecular formula is C6H13BO4. The monoisotopic (exact) mass is 160 g/mol. The molecule has 0 aromatic heterocycles. The van der Waals surface area contributed by atoms with Crippen LogP contribution in [0.3, 0.4) is 0 Å². The Bertz CT molecular complexity index is 132. The average Bonchev–Trinajstić information content (AvgIpc) is 2.26. The van der Waals surface area contributed by atoms with E-state index in [1.165, 1.54) is 7.11 Å². The summed E-state index contributed by atoms with van der Waals surface area (Å²) in [6.45, 7) is -0.161. The van der Waals surface area contributed by atoms with Gasteiger partial charge in [0.15, 0.2) is 0 Å². The van der Waals surface area contributed by atoms with Crippen LogP contribution in [-0.4, -0.2) is 56.1 Å². The summed E-state index contributed by atoms with van der Waals surface area (Å²) in [5, 5.41) is 18.1. The average molecular weight is 160 g/mol. The molecule has 0 unspecified atom stereocenters. The third-order valence-electron chi connectivity index (χ3n) is 2.02. The number of ether oxygens (including phenoxy) is 2. The van der Waals surface area contributed by atoms with Crippen molar-refractivity contribution in [1.82, 2.24) is 0 Å². The van der Waals surface area contributed by atoms with Crippen LogP contribution in [0, 0.1) is 0 Å². The summed E-state index contributed by atoms with van der Waals surface area (Å²) in [6.07, 6.45) is -1.51. The van der Waals surface area contributed by atoms with Gasteiger partial charge in [-0.1, -0.05) is 0 Å². The van der Waals surface area contributed by atoms with Gasteiger partial charge in [-0.25, -0.2) is 0 Å². The first-order chi connectivity index (χ1) is 5.20. The fourth-order valence-electron chi connectivity index (χ4n) is 1.40. The normalized spacial score (nSPS) is 44.6. The van der Waals surface area contributed by atoms with Crippen molar-refractivity contribution in [3.05, 3.63) is 0 Å². The maximum Gasteiger partial charge on any atom is 0.142 e. The number of methoxy groups -OCH3 is 1. The third kappa shape index (κ3) is 1.56. The first-order valence-electron chi connectivity index (χ1n) is 3.68. The fraction of sp³-hybridized carbons (Fsp3) is 1.00. The van der Waals surface area contributed by atoms with Gasteiger partial charge in [-0.15, -0.1) is 0 Å². The minimum absolute atomic E-state index is 0.146. The molecule has 1 aliphatic heterocycles.